The molecule has 1 heterocycles. The molecule has 1 aliphatic heterocycles. The number of thioether (sulfide) groups is 2. The smallest absolute Gasteiger partial charge is 0.234 e. The zero-order chi connectivity index (χ0) is 21.7. The second-order valence-corrected chi connectivity index (χ2v) is 8.95. The van der Waals surface area contributed by atoms with Crippen molar-refractivity contribution in [1.29, 1.82) is 5.26 Å². The molecular formula is C23H23N3O2S2. The largest absolute Gasteiger partial charge is 0.325 e. The van der Waals surface area contributed by atoms with Crippen LogP contribution in [0, 0.1) is 25.2 Å². The van der Waals surface area contributed by atoms with Crippen LogP contribution in [0.5, 0.6) is 0 Å². The van der Waals surface area contributed by atoms with E-state index in [9.17, 15) is 14.9 Å². The van der Waals surface area contributed by atoms with Crippen LogP contribution in [-0.4, -0.2) is 23.8 Å². The Kier molecular flexibility index (Phi) is 7.24. The van der Waals surface area contributed by atoms with E-state index in [2.05, 4.69) is 16.7 Å². The number of nitrogens with zero attached hydrogens (tertiary/aromatic N) is 1. The van der Waals surface area contributed by atoms with Gasteiger partial charge in [0.15, 0.2) is 0 Å². The molecule has 0 aromatic heterocycles. The van der Waals surface area contributed by atoms with Crippen LogP contribution < -0.4 is 10.6 Å². The van der Waals surface area contributed by atoms with Gasteiger partial charge in [0.05, 0.1) is 22.4 Å². The van der Waals surface area contributed by atoms with E-state index >= 15 is 0 Å². The van der Waals surface area contributed by atoms with Crippen LogP contribution in [0.3, 0.4) is 0 Å². The summed E-state index contributed by atoms with van der Waals surface area (Å²) in [5, 5.41) is 15.9. The maximum absolute atomic E-state index is 12.4. The maximum atomic E-state index is 12.4. The SMILES string of the molecule is CSc1ccc([C@@H]2CC(=O)NC(SCC(=O)Nc3ccc(C)cc3C)=C2C#N)cc1. The summed E-state index contributed by atoms with van der Waals surface area (Å²) in [5.74, 6) is -0.529. The summed E-state index contributed by atoms with van der Waals surface area (Å²) < 4.78 is 0. The van der Waals surface area contributed by atoms with E-state index in [-0.39, 0.29) is 29.9 Å². The number of benzene rings is 2. The number of allylic oxidation sites excluding steroid dienone is 1. The van der Waals surface area contributed by atoms with Gasteiger partial charge in [0.2, 0.25) is 11.8 Å². The van der Waals surface area contributed by atoms with E-state index in [4.69, 9.17) is 0 Å². The Balaban J connectivity index is 1.75. The van der Waals surface area contributed by atoms with Crippen molar-refractivity contribution in [2.45, 2.75) is 31.1 Å². The number of nitrogens with one attached hydrogen (secondary N) is 2. The molecule has 0 aliphatic carbocycles. The molecule has 30 heavy (non-hydrogen) atoms. The van der Waals surface area contributed by atoms with E-state index < -0.39 is 0 Å². The minimum Gasteiger partial charge on any atom is -0.325 e. The minimum atomic E-state index is -0.301. The molecule has 154 valence electrons. The number of anilines is 1. The first kappa shape index (κ1) is 22.0. The van der Waals surface area contributed by atoms with Gasteiger partial charge in [-0.1, -0.05) is 41.6 Å². The molecule has 2 aromatic rings. The minimum absolute atomic E-state index is 0.103. The van der Waals surface area contributed by atoms with Gasteiger partial charge in [0.1, 0.15) is 0 Å². The van der Waals surface area contributed by atoms with Gasteiger partial charge in [0, 0.05) is 22.9 Å². The molecule has 0 radical (unpaired) electrons. The Morgan fingerprint density at radius 1 is 1.23 bits per heavy atom. The third kappa shape index (κ3) is 5.26. The van der Waals surface area contributed by atoms with E-state index in [0.29, 0.717) is 10.6 Å². The lowest BCUT2D eigenvalue weighted by molar-refractivity contribution is -0.121. The van der Waals surface area contributed by atoms with Gasteiger partial charge in [-0.2, -0.15) is 5.26 Å². The summed E-state index contributed by atoms with van der Waals surface area (Å²) in [7, 11) is 0. The van der Waals surface area contributed by atoms with Gasteiger partial charge in [-0.15, -0.1) is 11.8 Å². The highest BCUT2D eigenvalue weighted by Crippen LogP contribution is 2.36. The molecule has 3 rings (SSSR count). The Morgan fingerprint density at radius 3 is 2.60 bits per heavy atom. The first-order chi connectivity index (χ1) is 14.4. The average Bonchev–Trinajstić information content (AvgIpc) is 2.74. The third-order valence-electron chi connectivity index (χ3n) is 4.88. The van der Waals surface area contributed by atoms with Crippen molar-refractivity contribution < 1.29 is 9.59 Å². The van der Waals surface area contributed by atoms with E-state index in [1.54, 1.807) is 11.8 Å². The molecule has 0 fully saturated rings. The molecule has 0 saturated heterocycles. The monoisotopic (exact) mass is 437 g/mol. The fourth-order valence-electron chi connectivity index (χ4n) is 3.33. The lowest BCUT2D eigenvalue weighted by atomic mass is 9.87. The van der Waals surface area contributed by atoms with Crippen molar-refractivity contribution >= 4 is 41.0 Å². The van der Waals surface area contributed by atoms with Crippen LogP contribution >= 0.6 is 23.5 Å². The summed E-state index contributed by atoms with van der Waals surface area (Å²) in [6, 6.07) is 16.0. The molecule has 2 aromatic carbocycles. The van der Waals surface area contributed by atoms with Gasteiger partial charge in [0.25, 0.3) is 0 Å². The summed E-state index contributed by atoms with van der Waals surface area (Å²) in [6.45, 7) is 3.95. The number of amides is 2. The van der Waals surface area contributed by atoms with Crippen LogP contribution in [0.25, 0.3) is 0 Å². The summed E-state index contributed by atoms with van der Waals surface area (Å²) in [5.41, 5.74) is 4.31. The number of hydrogen-bond acceptors (Lipinski definition) is 5. The fourth-order valence-corrected chi connectivity index (χ4v) is 4.62. The highest BCUT2D eigenvalue weighted by atomic mass is 32.2. The van der Waals surface area contributed by atoms with Crippen molar-refractivity contribution in [1.82, 2.24) is 5.32 Å². The average molecular weight is 438 g/mol. The first-order valence-corrected chi connectivity index (χ1v) is 11.7. The molecule has 0 bridgehead atoms. The number of rotatable bonds is 6. The van der Waals surface area contributed by atoms with Crippen molar-refractivity contribution in [2.24, 2.45) is 0 Å². The molecule has 0 spiro atoms. The van der Waals surface area contributed by atoms with Crippen molar-refractivity contribution in [3.63, 3.8) is 0 Å². The molecule has 2 amide bonds. The van der Waals surface area contributed by atoms with E-state index in [1.165, 1.54) is 11.8 Å². The Bertz CT molecular complexity index is 1040. The third-order valence-corrected chi connectivity index (χ3v) is 6.64. The van der Waals surface area contributed by atoms with Gasteiger partial charge in [-0.3, -0.25) is 9.59 Å². The molecule has 1 atom stereocenters. The quantitative estimate of drug-likeness (QED) is 0.638. The van der Waals surface area contributed by atoms with E-state index in [0.717, 1.165) is 27.3 Å². The second-order valence-electron chi connectivity index (χ2n) is 7.09. The number of aryl methyl sites for hydroxylation is 2. The highest BCUT2D eigenvalue weighted by Gasteiger charge is 2.29. The Morgan fingerprint density at radius 2 is 1.97 bits per heavy atom. The van der Waals surface area contributed by atoms with E-state index in [1.807, 2.05) is 62.6 Å². The predicted molar refractivity (Wildman–Crippen MR) is 123 cm³/mol. The highest BCUT2D eigenvalue weighted by molar-refractivity contribution is 8.03. The van der Waals surface area contributed by atoms with Gasteiger partial charge >= 0.3 is 0 Å². The van der Waals surface area contributed by atoms with Crippen molar-refractivity contribution in [3.05, 3.63) is 69.8 Å². The van der Waals surface area contributed by atoms with Crippen molar-refractivity contribution in [3.8, 4) is 6.07 Å². The number of carbonyl (C=O) groups is 2. The number of carbonyl (C=O) groups excluding carboxylic acids is 2. The van der Waals surface area contributed by atoms with Gasteiger partial charge in [-0.25, -0.2) is 0 Å². The summed E-state index contributed by atoms with van der Waals surface area (Å²) >= 11 is 2.83. The normalized spacial score (nSPS) is 16.1. The molecule has 7 heteroatoms. The topological polar surface area (TPSA) is 82.0 Å². The lowest BCUT2D eigenvalue weighted by Crippen LogP contribution is -2.31. The number of nitriles is 1. The van der Waals surface area contributed by atoms with Crippen LogP contribution in [0.4, 0.5) is 5.69 Å². The Labute approximate surface area is 185 Å². The molecular weight excluding hydrogens is 414 g/mol. The lowest BCUT2D eigenvalue weighted by Gasteiger charge is -2.25. The molecule has 2 N–H and O–H groups in total. The predicted octanol–water partition coefficient (Wildman–Crippen LogP) is 4.74. The standard InChI is InChI=1S/C23H23N3O2S2/c1-14-4-9-20(15(2)10-14)25-22(28)13-30-23-19(12-24)18(11-21(27)26-23)16-5-7-17(29-3)8-6-16/h4-10,18H,11,13H2,1-3H3,(H,25,28)(H,26,27)/t18-/m0/s1. The summed E-state index contributed by atoms with van der Waals surface area (Å²) in [6.07, 6.45) is 2.22. The first-order valence-electron chi connectivity index (χ1n) is 9.49. The zero-order valence-electron chi connectivity index (χ0n) is 17.1. The van der Waals surface area contributed by atoms with Crippen LogP contribution in [-0.2, 0) is 9.59 Å². The van der Waals surface area contributed by atoms with Gasteiger partial charge in [-0.05, 0) is 49.4 Å². The van der Waals surface area contributed by atoms with Gasteiger partial charge < -0.3 is 10.6 Å². The maximum Gasteiger partial charge on any atom is 0.234 e. The molecule has 5 nitrogen and oxygen atoms in total. The van der Waals surface area contributed by atoms with Crippen LogP contribution in [0.1, 0.15) is 29.0 Å². The van der Waals surface area contributed by atoms with Crippen molar-refractivity contribution in [2.75, 3.05) is 17.3 Å². The zero-order valence-corrected chi connectivity index (χ0v) is 18.7. The summed E-state index contributed by atoms with van der Waals surface area (Å²) in [4.78, 5) is 25.8. The fraction of sp³-hybridized carbons (Fsp3) is 0.261. The number of hydrogen-bond donors (Lipinski definition) is 2. The molecule has 0 saturated carbocycles. The molecule has 0 unspecified atom stereocenters. The van der Waals surface area contributed by atoms with Crippen LogP contribution in [0.15, 0.2) is 58.0 Å². The second kappa shape index (κ2) is 9.88. The van der Waals surface area contributed by atoms with Crippen LogP contribution in [0.2, 0.25) is 0 Å². The molecule has 1 aliphatic rings. The Hall–Kier alpha value is -2.69.